The maximum atomic E-state index is 3.69. The van der Waals surface area contributed by atoms with Gasteiger partial charge >= 0.3 is 0 Å². The maximum Gasteiger partial charge on any atom is 0.0980 e. The molecule has 1 heterocycles. The molecule has 0 saturated heterocycles. The van der Waals surface area contributed by atoms with Crippen LogP contribution < -0.4 is 0 Å². The molecule has 0 radical (unpaired) electrons. The molecule has 2 heteroatoms. The van der Waals surface area contributed by atoms with Crippen molar-refractivity contribution >= 4 is 15.9 Å². The molecule has 0 saturated carbocycles. The predicted molar refractivity (Wildman–Crippen MR) is 111 cm³/mol. The molecule has 1 atom stereocenters. The molecule has 1 nitrogen and oxygen atoms in total. The molecular formula is C24H20BrN. The fraction of sp³-hybridized carbons (Fsp3) is 0.167. The molecule has 0 fully saturated rings. The first-order valence-electron chi connectivity index (χ1n) is 8.93. The molecule has 0 aliphatic carbocycles. The summed E-state index contributed by atoms with van der Waals surface area (Å²) in [5, 5.41) is 0. The highest BCUT2D eigenvalue weighted by molar-refractivity contribution is 9.10. The minimum Gasteiger partial charge on any atom is -0.281 e. The summed E-state index contributed by atoms with van der Waals surface area (Å²) in [6.45, 7) is 1.91. The second-order valence-corrected chi connectivity index (χ2v) is 7.40. The first-order chi connectivity index (χ1) is 12.8. The lowest BCUT2D eigenvalue weighted by molar-refractivity contribution is 0.216. The van der Waals surface area contributed by atoms with E-state index in [-0.39, 0.29) is 6.04 Å². The van der Waals surface area contributed by atoms with E-state index in [2.05, 4.69) is 93.3 Å². The highest BCUT2D eigenvalue weighted by atomic mass is 79.9. The van der Waals surface area contributed by atoms with Gasteiger partial charge < -0.3 is 0 Å². The zero-order valence-corrected chi connectivity index (χ0v) is 16.1. The summed E-state index contributed by atoms with van der Waals surface area (Å²) in [5.74, 6) is 6.93. The number of rotatable bonds is 2. The Morgan fingerprint density at radius 1 is 0.885 bits per heavy atom. The third-order valence-corrected chi connectivity index (χ3v) is 5.62. The van der Waals surface area contributed by atoms with Crippen molar-refractivity contribution in [3.05, 3.63) is 106 Å². The smallest absolute Gasteiger partial charge is 0.0980 e. The van der Waals surface area contributed by atoms with Crippen molar-refractivity contribution in [2.75, 3.05) is 6.54 Å². The van der Waals surface area contributed by atoms with Gasteiger partial charge in [0.05, 0.1) is 6.04 Å². The van der Waals surface area contributed by atoms with Gasteiger partial charge in [-0.3, -0.25) is 4.90 Å². The second kappa shape index (κ2) is 7.91. The molecule has 0 amide bonds. The summed E-state index contributed by atoms with van der Waals surface area (Å²) in [5.41, 5.74) is 5.13. The van der Waals surface area contributed by atoms with Gasteiger partial charge in [0.2, 0.25) is 0 Å². The highest BCUT2D eigenvalue weighted by Gasteiger charge is 2.26. The molecule has 3 aromatic carbocycles. The van der Waals surface area contributed by atoms with Crippen molar-refractivity contribution < 1.29 is 0 Å². The number of hydrogen-bond donors (Lipinski definition) is 0. The number of benzene rings is 3. The lowest BCUT2D eigenvalue weighted by atomic mass is 9.92. The molecule has 1 unspecified atom stereocenters. The second-order valence-electron chi connectivity index (χ2n) is 6.55. The molecule has 0 aromatic heterocycles. The van der Waals surface area contributed by atoms with Crippen LogP contribution in [0.5, 0.6) is 0 Å². The summed E-state index contributed by atoms with van der Waals surface area (Å²) in [7, 11) is 0. The standard InChI is InChI=1S/C24H20BrN/c25-23-13-7-5-11-21(23)18-26-17-16-20-10-4-6-12-22(20)24(26)15-14-19-8-2-1-3-9-19/h1-13,24H,16-18H2. The molecule has 4 rings (SSSR count). The van der Waals surface area contributed by atoms with Gasteiger partial charge in [-0.15, -0.1) is 0 Å². The van der Waals surface area contributed by atoms with Crippen LogP contribution in [0.3, 0.4) is 0 Å². The molecule has 0 bridgehead atoms. The predicted octanol–water partition coefficient (Wildman–Crippen LogP) is 5.60. The average Bonchev–Trinajstić information content (AvgIpc) is 2.69. The van der Waals surface area contributed by atoms with E-state index in [0.29, 0.717) is 0 Å². The first kappa shape index (κ1) is 17.1. The Balaban J connectivity index is 1.69. The van der Waals surface area contributed by atoms with E-state index in [1.54, 1.807) is 0 Å². The molecule has 1 aliphatic heterocycles. The first-order valence-corrected chi connectivity index (χ1v) is 9.72. The van der Waals surface area contributed by atoms with Gasteiger partial charge in [0.15, 0.2) is 0 Å². The Morgan fingerprint density at radius 2 is 1.62 bits per heavy atom. The molecule has 0 N–H and O–H groups in total. The van der Waals surface area contributed by atoms with Gasteiger partial charge in [-0.25, -0.2) is 0 Å². The van der Waals surface area contributed by atoms with E-state index in [4.69, 9.17) is 0 Å². The summed E-state index contributed by atoms with van der Waals surface area (Å²) in [6.07, 6.45) is 1.07. The Labute approximate surface area is 163 Å². The fourth-order valence-electron chi connectivity index (χ4n) is 3.48. The lowest BCUT2D eigenvalue weighted by Gasteiger charge is -2.34. The van der Waals surface area contributed by atoms with Crippen molar-refractivity contribution in [2.24, 2.45) is 0 Å². The van der Waals surface area contributed by atoms with Crippen LogP contribution in [0.2, 0.25) is 0 Å². The molecule has 26 heavy (non-hydrogen) atoms. The van der Waals surface area contributed by atoms with E-state index < -0.39 is 0 Å². The number of fused-ring (bicyclic) bond motifs is 1. The van der Waals surface area contributed by atoms with Gasteiger partial charge in [-0.2, -0.15) is 0 Å². The monoisotopic (exact) mass is 401 g/mol. The van der Waals surface area contributed by atoms with Gasteiger partial charge in [-0.05, 0) is 41.3 Å². The summed E-state index contributed by atoms with van der Waals surface area (Å²) in [4.78, 5) is 2.48. The van der Waals surface area contributed by atoms with Gasteiger partial charge in [0.1, 0.15) is 0 Å². The number of halogens is 1. The molecule has 3 aromatic rings. The third kappa shape index (κ3) is 3.75. The quantitative estimate of drug-likeness (QED) is 0.505. The Hall–Kier alpha value is -2.34. The van der Waals surface area contributed by atoms with Crippen molar-refractivity contribution in [3.8, 4) is 11.8 Å². The number of nitrogens with zero attached hydrogens (tertiary/aromatic N) is 1. The Morgan fingerprint density at radius 3 is 2.46 bits per heavy atom. The zero-order chi connectivity index (χ0) is 17.8. The van der Waals surface area contributed by atoms with E-state index in [0.717, 1.165) is 29.5 Å². The van der Waals surface area contributed by atoms with Crippen LogP contribution in [-0.4, -0.2) is 11.4 Å². The molecular weight excluding hydrogens is 382 g/mol. The summed E-state index contributed by atoms with van der Waals surface area (Å²) >= 11 is 3.69. The van der Waals surface area contributed by atoms with E-state index in [1.807, 2.05) is 18.2 Å². The minimum absolute atomic E-state index is 0.118. The summed E-state index contributed by atoms with van der Waals surface area (Å²) < 4.78 is 1.16. The van der Waals surface area contributed by atoms with Crippen molar-refractivity contribution in [1.29, 1.82) is 0 Å². The van der Waals surface area contributed by atoms with Gasteiger partial charge in [-0.1, -0.05) is 88.4 Å². The van der Waals surface area contributed by atoms with Crippen molar-refractivity contribution in [3.63, 3.8) is 0 Å². The van der Waals surface area contributed by atoms with Crippen LogP contribution in [0.15, 0.2) is 83.3 Å². The van der Waals surface area contributed by atoms with Crippen LogP contribution in [0, 0.1) is 11.8 Å². The Kier molecular flexibility index (Phi) is 5.20. The van der Waals surface area contributed by atoms with E-state index in [1.165, 1.54) is 16.7 Å². The average molecular weight is 402 g/mol. The third-order valence-electron chi connectivity index (χ3n) is 4.84. The SMILES string of the molecule is Brc1ccccc1CN1CCc2ccccc2C1C#Cc1ccccc1. The van der Waals surface area contributed by atoms with Crippen molar-refractivity contribution in [1.82, 2.24) is 4.90 Å². The van der Waals surface area contributed by atoms with Crippen LogP contribution >= 0.6 is 15.9 Å². The zero-order valence-electron chi connectivity index (χ0n) is 14.5. The van der Waals surface area contributed by atoms with E-state index in [9.17, 15) is 0 Å². The lowest BCUT2D eigenvalue weighted by Crippen LogP contribution is -2.34. The highest BCUT2D eigenvalue weighted by Crippen LogP contribution is 2.31. The minimum atomic E-state index is 0.118. The van der Waals surface area contributed by atoms with Crippen LogP contribution in [0.25, 0.3) is 0 Å². The Bertz CT molecular complexity index is 952. The largest absolute Gasteiger partial charge is 0.281 e. The fourth-order valence-corrected chi connectivity index (χ4v) is 3.89. The normalized spacial score (nSPS) is 16.4. The van der Waals surface area contributed by atoms with Crippen LogP contribution in [0.4, 0.5) is 0 Å². The molecule has 128 valence electrons. The van der Waals surface area contributed by atoms with E-state index >= 15 is 0 Å². The number of hydrogen-bond acceptors (Lipinski definition) is 1. The van der Waals surface area contributed by atoms with Crippen molar-refractivity contribution in [2.45, 2.75) is 19.0 Å². The topological polar surface area (TPSA) is 3.24 Å². The van der Waals surface area contributed by atoms with Gasteiger partial charge in [0, 0.05) is 23.1 Å². The molecule has 1 aliphatic rings. The van der Waals surface area contributed by atoms with Crippen LogP contribution in [-0.2, 0) is 13.0 Å². The van der Waals surface area contributed by atoms with Crippen LogP contribution in [0.1, 0.15) is 28.3 Å². The molecule has 0 spiro atoms. The maximum absolute atomic E-state index is 3.69. The van der Waals surface area contributed by atoms with Gasteiger partial charge in [0.25, 0.3) is 0 Å². The summed E-state index contributed by atoms with van der Waals surface area (Å²) in [6, 6.07) is 27.5.